The van der Waals surface area contributed by atoms with Gasteiger partial charge in [-0.3, -0.25) is 4.98 Å². The molecule has 20 heavy (non-hydrogen) atoms. The van der Waals surface area contributed by atoms with Crippen LogP contribution in [0.15, 0.2) is 45.5 Å². The zero-order valence-corrected chi connectivity index (χ0v) is 11.8. The molecule has 0 aliphatic heterocycles. The Morgan fingerprint density at radius 3 is 2.45 bits per heavy atom. The van der Waals surface area contributed by atoms with Crippen LogP contribution in [0.2, 0.25) is 0 Å². The van der Waals surface area contributed by atoms with E-state index in [1.54, 1.807) is 30.5 Å². The molecule has 0 saturated carbocycles. The highest BCUT2D eigenvalue weighted by Crippen LogP contribution is 2.25. The predicted octanol–water partition coefficient (Wildman–Crippen LogP) is 2.73. The van der Waals surface area contributed by atoms with E-state index in [4.69, 9.17) is 16.0 Å². The van der Waals surface area contributed by atoms with Crippen LogP contribution in [0.4, 0.5) is 11.4 Å². The van der Waals surface area contributed by atoms with Crippen molar-refractivity contribution in [1.82, 2.24) is 15.1 Å². The minimum atomic E-state index is 0.351. The van der Waals surface area contributed by atoms with Gasteiger partial charge in [-0.05, 0) is 46.3 Å². The Hall–Kier alpha value is -2.41. The van der Waals surface area contributed by atoms with Gasteiger partial charge >= 0.3 is 0 Å². The second kappa shape index (κ2) is 4.93. The summed E-state index contributed by atoms with van der Waals surface area (Å²) in [4.78, 5) is 8.51. The van der Waals surface area contributed by atoms with Gasteiger partial charge < -0.3 is 16.0 Å². The van der Waals surface area contributed by atoms with Gasteiger partial charge in [0, 0.05) is 27.6 Å². The number of nitrogens with zero attached hydrogens (tertiary/aromatic N) is 3. The maximum absolute atomic E-state index is 5.74. The molecule has 0 amide bonds. The molecule has 4 N–H and O–H groups in total. The molecule has 2 aromatic heterocycles. The van der Waals surface area contributed by atoms with Crippen LogP contribution in [0.3, 0.4) is 0 Å². The lowest BCUT2D eigenvalue weighted by atomic mass is 10.2. The molecular formula is C13H10BrN5O. The number of nitrogen functional groups attached to an aromatic ring is 2. The Balaban J connectivity index is 1.99. The van der Waals surface area contributed by atoms with Crippen LogP contribution in [0.1, 0.15) is 0 Å². The van der Waals surface area contributed by atoms with E-state index in [-0.39, 0.29) is 0 Å². The molecular weight excluding hydrogens is 322 g/mol. The van der Waals surface area contributed by atoms with Crippen molar-refractivity contribution in [2.24, 2.45) is 0 Å². The average Bonchev–Trinajstić information content (AvgIpc) is 2.88. The van der Waals surface area contributed by atoms with Gasteiger partial charge in [-0.15, -0.1) is 0 Å². The monoisotopic (exact) mass is 331 g/mol. The fraction of sp³-hybridized carbons (Fsp3) is 0. The number of aromatic nitrogens is 3. The minimum Gasteiger partial charge on any atom is -0.399 e. The molecule has 1 aromatic carbocycles. The lowest BCUT2D eigenvalue weighted by molar-refractivity contribution is 0.432. The number of rotatable bonds is 2. The molecule has 7 heteroatoms. The van der Waals surface area contributed by atoms with Gasteiger partial charge in [0.1, 0.15) is 5.69 Å². The smallest absolute Gasteiger partial charge is 0.258 e. The van der Waals surface area contributed by atoms with E-state index in [2.05, 4.69) is 31.1 Å². The fourth-order valence-electron chi connectivity index (χ4n) is 1.75. The topological polar surface area (TPSA) is 104 Å². The van der Waals surface area contributed by atoms with Crippen LogP contribution < -0.4 is 11.5 Å². The maximum Gasteiger partial charge on any atom is 0.258 e. The highest BCUT2D eigenvalue weighted by Gasteiger charge is 2.12. The summed E-state index contributed by atoms with van der Waals surface area (Å²) in [5.74, 6) is 0.761. The van der Waals surface area contributed by atoms with Gasteiger partial charge in [-0.2, -0.15) is 4.98 Å². The van der Waals surface area contributed by atoms with Crippen LogP contribution in [0.25, 0.3) is 23.0 Å². The number of halogens is 1. The number of anilines is 2. The Bertz CT molecular complexity index is 733. The van der Waals surface area contributed by atoms with Crippen molar-refractivity contribution in [2.45, 2.75) is 0 Å². The molecule has 0 fully saturated rings. The molecule has 3 rings (SSSR count). The van der Waals surface area contributed by atoms with E-state index in [9.17, 15) is 0 Å². The Morgan fingerprint density at radius 2 is 1.80 bits per heavy atom. The van der Waals surface area contributed by atoms with Gasteiger partial charge in [0.2, 0.25) is 5.82 Å². The number of benzene rings is 1. The third kappa shape index (κ3) is 2.48. The normalized spacial score (nSPS) is 10.7. The molecule has 0 aliphatic carbocycles. The van der Waals surface area contributed by atoms with Crippen LogP contribution in [-0.2, 0) is 0 Å². The summed E-state index contributed by atoms with van der Waals surface area (Å²) >= 11 is 3.32. The first-order valence-corrected chi connectivity index (χ1v) is 6.53. The summed E-state index contributed by atoms with van der Waals surface area (Å²) in [6, 6.07) is 8.77. The summed E-state index contributed by atoms with van der Waals surface area (Å²) in [6.45, 7) is 0. The third-order valence-corrected chi connectivity index (χ3v) is 3.08. The van der Waals surface area contributed by atoms with Crippen LogP contribution >= 0.6 is 15.9 Å². The summed E-state index contributed by atoms with van der Waals surface area (Å²) in [5.41, 5.74) is 13.9. The molecule has 0 aliphatic rings. The third-order valence-electron chi connectivity index (χ3n) is 2.61. The van der Waals surface area contributed by atoms with Gasteiger partial charge in [0.25, 0.3) is 5.89 Å². The van der Waals surface area contributed by atoms with E-state index in [1.807, 2.05) is 6.07 Å². The molecule has 0 spiro atoms. The molecule has 0 radical (unpaired) electrons. The fourth-order valence-corrected chi connectivity index (χ4v) is 1.99. The van der Waals surface area contributed by atoms with Crippen molar-refractivity contribution in [3.63, 3.8) is 0 Å². The van der Waals surface area contributed by atoms with E-state index < -0.39 is 0 Å². The molecule has 0 unspecified atom stereocenters. The van der Waals surface area contributed by atoms with Gasteiger partial charge in [0.05, 0.1) is 0 Å². The largest absolute Gasteiger partial charge is 0.399 e. The first-order chi connectivity index (χ1) is 9.61. The molecule has 2 heterocycles. The maximum atomic E-state index is 5.74. The van der Waals surface area contributed by atoms with Crippen molar-refractivity contribution in [3.8, 4) is 23.0 Å². The van der Waals surface area contributed by atoms with Crippen molar-refractivity contribution in [2.75, 3.05) is 11.5 Å². The number of nitrogens with two attached hydrogens (primary N) is 2. The Labute approximate surface area is 122 Å². The zero-order chi connectivity index (χ0) is 14.1. The summed E-state index contributed by atoms with van der Waals surface area (Å²) in [5, 5.41) is 3.91. The lowest BCUT2D eigenvalue weighted by Crippen LogP contribution is -1.91. The van der Waals surface area contributed by atoms with E-state index >= 15 is 0 Å². The number of pyridine rings is 1. The highest BCUT2D eigenvalue weighted by molar-refractivity contribution is 9.10. The summed E-state index contributed by atoms with van der Waals surface area (Å²) in [7, 11) is 0. The molecule has 6 nitrogen and oxygen atoms in total. The van der Waals surface area contributed by atoms with Crippen LogP contribution in [0, 0.1) is 0 Å². The Kier molecular flexibility index (Phi) is 3.11. The van der Waals surface area contributed by atoms with E-state index in [0.29, 0.717) is 34.3 Å². The van der Waals surface area contributed by atoms with Crippen LogP contribution in [-0.4, -0.2) is 15.1 Å². The first-order valence-electron chi connectivity index (χ1n) is 5.74. The average molecular weight is 332 g/mol. The summed E-state index contributed by atoms with van der Waals surface area (Å²) in [6.07, 6.45) is 1.67. The molecule has 0 atom stereocenters. The molecule has 3 aromatic rings. The number of hydrogen-bond acceptors (Lipinski definition) is 6. The van der Waals surface area contributed by atoms with Gasteiger partial charge in [0.15, 0.2) is 0 Å². The second-order valence-corrected chi connectivity index (χ2v) is 5.09. The quantitative estimate of drug-likeness (QED) is 0.699. The second-order valence-electron chi connectivity index (χ2n) is 4.17. The van der Waals surface area contributed by atoms with Crippen molar-refractivity contribution in [3.05, 3.63) is 41.0 Å². The van der Waals surface area contributed by atoms with E-state index in [0.717, 1.165) is 4.47 Å². The summed E-state index contributed by atoms with van der Waals surface area (Å²) < 4.78 is 6.10. The van der Waals surface area contributed by atoms with Gasteiger partial charge in [-0.1, -0.05) is 5.16 Å². The van der Waals surface area contributed by atoms with Crippen molar-refractivity contribution < 1.29 is 4.52 Å². The molecule has 0 saturated heterocycles. The minimum absolute atomic E-state index is 0.351. The van der Waals surface area contributed by atoms with Gasteiger partial charge in [-0.25, -0.2) is 0 Å². The Morgan fingerprint density at radius 1 is 1.05 bits per heavy atom. The lowest BCUT2D eigenvalue weighted by Gasteiger charge is -1.99. The first kappa shape index (κ1) is 12.6. The van der Waals surface area contributed by atoms with E-state index in [1.165, 1.54) is 0 Å². The predicted molar refractivity (Wildman–Crippen MR) is 79.5 cm³/mol. The van der Waals surface area contributed by atoms with Crippen molar-refractivity contribution >= 4 is 27.3 Å². The van der Waals surface area contributed by atoms with Crippen molar-refractivity contribution in [1.29, 1.82) is 0 Å². The van der Waals surface area contributed by atoms with Crippen LogP contribution in [0.5, 0.6) is 0 Å². The standard InChI is InChI=1S/C13H10BrN5O/c14-8-1-2-11(17-6-8)12-18-13(20-19-12)7-3-9(15)5-10(16)4-7/h1-6H,15-16H2. The highest BCUT2D eigenvalue weighted by atomic mass is 79.9. The molecule has 0 bridgehead atoms. The SMILES string of the molecule is Nc1cc(N)cc(-c2nc(-c3ccc(Br)cn3)no2)c1. The number of hydrogen-bond donors (Lipinski definition) is 2. The molecule has 100 valence electrons. The zero-order valence-electron chi connectivity index (χ0n) is 10.2.